The van der Waals surface area contributed by atoms with E-state index in [-0.39, 0.29) is 18.3 Å². The van der Waals surface area contributed by atoms with Gasteiger partial charge in [0.2, 0.25) is 5.91 Å². The lowest BCUT2D eigenvalue weighted by molar-refractivity contribution is -0.141. The predicted molar refractivity (Wildman–Crippen MR) is 98.3 cm³/mol. The van der Waals surface area contributed by atoms with Crippen LogP contribution < -0.4 is 9.47 Å². The molecular formula is C19H27NO6. The molecule has 0 fully saturated rings. The first-order valence-corrected chi connectivity index (χ1v) is 8.30. The van der Waals surface area contributed by atoms with Crippen molar-refractivity contribution in [2.45, 2.75) is 12.8 Å². The van der Waals surface area contributed by atoms with Gasteiger partial charge in [0.15, 0.2) is 11.5 Å². The number of ether oxygens (including phenoxy) is 4. The van der Waals surface area contributed by atoms with Crippen LogP contribution in [-0.4, -0.2) is 64.9 Å². The fourth-order valence-corrected chi connectivity index (χ4v) is 2.29. The molecule has 7 nitrogen and oxygen atoms in total. The fourth-order valence-electron chi connectivity index (χ4n) is 2.29. The van der Waals surface area contributed by atoms with E-state index < -0.39 is 0 Å². The molecular weight excluding hydrogens is 338 g/mol. The molecule has 0 N–H and O–H groups in total. The maximum atomic E-state index is 12.5. The Morgan fingerprint density at radius 2 is 1.77 bits per heavy atom. The van der Waals surface area contributed by atoms with E-state index in [4.69, 9.17) is 14.2 Å². The minimum absolute atomic E-state index is 0.152. The van der Waals surface area contributed by atoms with Crippen LogP contribution in [0, 0.1) is 0 Å². The van der Waals surface area contributed by atoms with E-state index in [9.17, 15) is 9.59 Å². The Kier molecular flexibility index (Phi) is 9.86. The predicted octanol–water partition coefficient (Wildman–Crippen LogP) is 2.15. The molecule has 1 aromatic carbocycles. The SMILES string of the molecule is COCCCN(CCC(=O)OC)C(=O)/C=C/c1ccc(OC)c(OC)c1. The zero-order chi connectivity index (χ0) is 19.4. The maximum Gasteiger partial charge on any atom is 0.307 e. The Morgan fingerprint density at radius 3 is 2.38 bits per heavy atom. The summed E-state index contributed by atoms with van der Waals surface area (Å²) in [6, 6.07) is 5.39. The number of hydrogen-bond acceptors (Lipinski definition) is 6. The molecule has 26 heavy (non-hydrogen) atoms. The highest BCUT2D eigenvalue weighted by Crippen LogP contribution is 2.27. The second kappa shape index (κ2) is 11.9. The average molecular weight is 365 g/mol. The van der Waals surface area contributed by atoms with Gasteiger partial charge in [-0.05, 0) is 30.2 Å². The van der Waals surface area contributed by atoms with E-state index in [0.717, 1.165) is 5.56 Å². The summed E-state index contributed by atoms with van der Waals surface area (Å²) in [5.74, 6) is 0.679. The van der Waals surface area contributed by atoms with Gasteiger partial charge in [-0.2, -0.15) is 0 Å². The van der Waals surface area contributed by atoms with Gasteiger partial charge in [-0.15, -0.1) is 0 Å². The number of carbonyl (C=O) groups is 2. The summed E-state index contributed by atoms with van der Waals surface area (Å²) in [4.78, 5) is 25.4. The highest BCUT2D eigenvalue weighted by atomic mass is 16.5. The average Bonchev–Trinajstić information content (AvgIpc) is 2.67. The minimum atomic E-state index is -0.349. The van der Waals surface area contributed by atoms with Crippen LogP contribution in [-0.2, 0) is 19.1 Å². The number of esters is 1. The number of carbonyl (C=O) groups excluding carboxylic acids is 2. The summed E-state index contributed by atoms with van der Waals surface area (Å²) >= 11 is 0. The van der Waals surface area contributed by atoms with Gasteiger partial charge in [0.25, 0.3) is 0 Å². The number of hydrogen-bond donors (Lipinski definition) is 0. The zero-order valence-electron chi connectivity index (χ0n) is 15.8. The van der Waals surface area contributed by atoms with Crippen LogP contribution >= 0.6 is 0 Å². The second-order valence-corrected chi connectivity index (χ2v) is 5.45. The van der Waals surface area contributed by atoms with E-state index in [1.807, 2.05) is 6.07 Å². The summed E-state index contributed by atoms with van der Waals surface area (Å²) in [5.41, 5.74) is 0.806. The fraction of sp³-hybridized carbons (Fsp3) is 0.474. The molecule has 7 heteroatoms. The van der Waals surface area contributed by atoms with Gasteiger partial charge < -0.3 is 23.8 Å². The normalized spacial score (nSPS) is 10.6. The summed E-state index contributed by atoms with van der Waals surface area (Å²) < 4.78 is 20.1. The van der Waals surface area contributed by atoms with E-state index >= 15 is 0 Å². The number of methoxy groups -OCH3 is 4. The summed E-state index contributed by atoms with van der Waals surface area (Å²) in [7, 11) is 6.06. The van der Waals surface area contributed by atoms with Crippen molar-refractivity contribution in [2.24, 2.45) is 0 Å². The number of amides is 1. The van der Waals surface area contributed by atoms with Gasteiger partial charge in [0.1, 0.15) is 0 Å². The first-order chi connectivity index (χ1) is 12.5. The second-order valence-electron chi connectivity index (χ2n) is 5.45. The van der Waals surface area contributed by atoms with Crippen LogP contribution in [0.3, 0.4) is 0 Å². The molecule has 0 spiro atoms. The van der Waals surface area contributed by atoms with Crippen LogP contribution in [0.1, 0.15) is 18.4 Å². The van der Waals surface area contributed by atoms with Crippen molar-refractivity contribution in [3.05, 3.63) is 29.8 Å². The highest BCUT2D eigenvalue weighted by molar-refractivity contribution is 5.92. The van der Waals surface area contributed by atoms with Crippen molar-refractivity contribution in [2.75, 3.05) is 48.1 Å². The van der Waals surface area contributed by atoms with Crippen molar-refractivity contribution in [3.63, 3.8) is 0 Å². The third-order valence-corrected chi connectivity index (χ3v) is 3.73. The van der Waals surface area contributed by atoms with Gasteiger partial charge >= 0.3 is 5.97 Å². The van der Waals surface area contributed by atoms with Crippen molar-refractivity contribution < 1.29 is 28.5 Å². The van der Waals surface area contributed by atoms with Crippen molar-refractivity contribution >= 4 is 18.0 Å². The summed E-state index contributed by atoms with van der Waals surface area (Å²) in [5, 5.41) is 0. The standard InChI is InChI=1S/C19H27NO6/c1-23-13-5-11-20(12-10-19(22)26-4)18(21)9-7-15-6-8-16(24-2)17(14-15)25-3/h6-9,14H,5,10-13H2,1-4H3/b9-7+. The first-order valence-electron chi connectivity index (χ1n) is 8.30. The molecule has 0 atom stereocenters. The molecule has 0 aromatic heterocycles. The Bertz CT molecular complexity index is 614. The Hall–Kier alpha value is -2.54. The van der Waals surface area contributed by atoms with Gasteiger partial charge in [-0.1, -0.05) is 6.07 Å². The quantitative estimate of drug-likeness (QED) is 0.340. The van der Waals surface area contributed by atoms with Crippen LogP contribution in [0.5, 0.6) is 11.5 Å². The van der Waals surface area contributed by atoms with Crippen molar-refractivity contribution in [1.82, 2.24) is 4.90 Å². The Morgan fingerprint density at radius 1 is 1.04 bits per heavy atom. The molecule has 0 unspecified atom stereocenters. The lowest BCUT2D eigenvalue weighted by Gasteiger charge is -2.20. The smallest absolute Gasteiger partial charge is 0.307 e. The van der Waals surface area contributed by atoms with Gasteiger partial charge in [-0.25, -0.2) is 0 Å². The minimum Gasteiger partial charge on any atom is -0.493 e. The molecule has 0 saturated carbocycles. The molecule has 1 rings (SSSR count). The molecule has 0 radical (unpaired) electrons. The van der Waals surface area contributed by atoms with Crippen LogP contribution in [0.2, 0.25) is 0 Å². The number of rotatable bonds is 11. The lowest BCUT2D eigenvalue weighted by Crippen LogP contribution is -2.33. The lowest BCUT2D eigenvalue weighted by atomic mass is 10.2. The number of benzene rings is 1. The van der Waals surface area contributed by atoms with E-state index in [1.165, 1.54) is 13.2 Å². The van der Waals surface area contributed by atoms with Crippen LogP contribution in [0.25, 0.3) is 6.08 Å². The topological polar surface area (TPSA) is 74.3 Å². The molecule has 0 heterocycles. The van der Waals surface area contributed by atoms with Gasteiger partial charge in [0, 0.05) is 32.9 Å². The van der Waals surface area contributed by atoms with Gasteiger partial charge in [-0.3, -0.25) is 9.59 Å². The molecule has 144 valence electrons. The molecule has 1 aromatic rings. The molecule has 1 amide bonds. The van der Waals surface area contributed by atoms with Gasteiger partial charge in [0.05, 0.1) is 27.8 Å². The van der Waals surface area contributed by atoms with Crippen LogP contribution in [0.15, 0.2) is 24.3 Å². The summed E-state index contributed by atoms with van der Waals surface area (Å²) in [6.45, 7) is 1.34. The van der Waals surface area contributed by atoms with E-state index in [2.05, 4.69) is 4.74 Å². The largest absolute Gasteiger partial charge is 0.493 e. The van der Waals surface area contributed by atoms with E-state index in [1.54, 1.807) is 44.4 Å². The number of nitrogens with zero attached hydrogens (tertiary/aromatic N) is 1. The van der Waals surface area contributed by atoms with E-state index in [0.29, 0.717) is 37.6 Å². The Labute approximate surface area is 154 Å². The molecule has 0 bridgehead atoms. The molecule has 0 aliphatic heterocycles. The highest BCUT2D eigenvalue weighted by Gasteiger charge is 2.13. The summed E-state index contributed by atoms with van der Waals surface area (Å²) in [6.07, 6.45) is 4.02. The van der Waals surface area contributed by atoms with Crippen molar-refractivity contribution in [3.8, 4) is 11.5 Å². The molecule has 0 aliphatic rings. The maximum absolute atomic E-state index is 12.5. The van der Waals surface area contributed by atoms with Crippen molar-refractivity contribution in [1.29, 1.82) is 0 Å². The molecule has 0 aliphatic carbocycles. The third-order valence-electron chi connectivity index (χ3n) is 3.73. The third kappa shape index (κ3) is 7.14. The van der Waals surface area contributed by atoms with Crippen LogP contribution in [0.4, 0.5) is 0 Å². The monoisotopic (exact) mass is 365 g/mol. The first kappa shape index (κ1) is 21.5. The molecule has 0 saturated heterocycles. The zero-order valence-corrected chi connectivity index (χ0v) is 15.8. The Balaban J connectivity index is 2.79.